The van der Waals surface area contributed by atoms with Crippen LogP contribution in [0.3, 0.4) is 0 Å². The van der Waals surface area contributed by atoms with Gasteiger partial charge in [-0.15, -0.1) is 0 Å². The summed E-state index contributed by atoms with van der Waals surface area (Å²) in [6, 6.07) is 9.57. The van der Waals surface area contributed by atoms with Gasteiger partial charge >= 0.3 is 6.18 Å². The Kier molecular flexibility index (Phi) is 4.73. The summed E-state index contributed by atoms with van der Waals surface area (Å²) >= 11 is 0. The van der Waals surface area contributed by atoms with E-state index in [-0.39, 0.29) is 17.9 Å². The first-order valence-corrected chi connectivity index (χ1v) is 9.02. The average Bonchev–Trinajstić information content (AvgIpc) is 3.12. The van der Waals surface area contributed by atoms with E-state index in [1.54, 1.807) is 18.3 Å². The molecule has 0 unspecified atom stereocenters. The lowest BCUT2D eigenvalue weighted by Gasteiger charge is -2.33. The zero-order valence-electron chi connectivity index (χ0n) is 15.4. The number of halogens is 3. The fourth-order valence-electron chi connectivity index (χ4n) is 3.33. The van der Waals surface area contributed by atoms with Crippen LogP contribution in [0.2, 0.25) is 0 Å². The predicted molar refractivity (Wildman–Crippen MR) is 102 cm³/mol. The van der Waals surface area contributed by atoms with Gasteiger partial charge in [0, 0.05) is 18.7 Å². The Labute approximate surface area is 164 Å². The number of aryl methyl sites for hydroxylation is 1. The second-order valence-electron chi connectivity index (χ2n) is 6.96. The summed E-state index contributed by atoms with van der Waals surface area (Å²) in [5, 5.41) is 9.60. The van der Waals surface area contributed by atoms with E-state index in [1.165, 1.54) is 12.3 Å². The monoisotopic (exact) mass is 401 g/mol. The van der Waals surface area contributed by atoms with Gasteiger partial charge in [-0.2, -0.15) is 18.3 Å². The highest BCUT2D eigenvalue weighted by atomic mass is 19.4. The van der Waals surface area contributed by atoms with E-state index in [0.717, 1.165) is 15.8 Å². The first-order chi connectivity index (χ1) is 13.8. The van der Waals surface area contributed by atoms with Gasteiger partial charge in [0.05, 0.1) is 17.9 Å². The van der Waals surface area contributed by atoms with Crippen molar-refractivity contribution in [3.8, 4) is 0 Å². The minimum atomic E-state index is -4.50. The minimum absolute atomic E-state index is 0.102. The number of aromatic nitrogens is 3. The van der Waals surface area contributed by atoms with Crippen molar-refractivity contribution in [2.24, 2.45) is 0 Å². The molecular formula is C20H18F3N5O. The van der Waals surface area contributed by atoms with E-state index in [2.05, 4.69) is 20.7 Å². The molecule has 2 atom stereocenters. The van der Waals surface area contributed by atoms with Crippen molar-refractivity contribution in [1.29, 1.82) is 0 Å². The first-order valence-electron chi connectivity index (χ1n) is 9.02. The van der Waals surface area contributed by atoms with Gasteiger partial charge < -0.3 is 10.6 Å². The molecule has 0 saturated heterocycles. The molecule has 0 saturated carbocycles. The van der Waals surface area contributed by atoms with Crippen molar-refractivity contribution in [3.63, 3.8) is 0 Å². The Morgan fingerprint density at radius 1 is 1.24 bits per heavy atom. The normalized spacial score (nSPS) is 18.6. The quantitative estimate of drug-likeness (QED) is 0.678. The summed E-state index contributed by atoms with van der Waals surface area (Å²) in [7, 11) is 0. The molecule has 9 heteroatoms. The van der Waals surface area contributed by atoms with E-state index in [0.29, 0.717) is 5.69 Å². The van der Waals surface area contributed by atoms with Crippen molar-refractivity contribution in [1.82, 2.24) is 14.8 Å². The number of rotatable bonds is 3. The third-order valence-electron chi connectivity index (χ3n) is 4.82. The number of carbonyl (C=O) groups excluding carboxylic acids is 1. The van der Waals surface area contributed by atoms with Gasteiger partial charge in [-0.3, -0.25) is 9.78 Å². The molecule has 0 spiro atoms. The lowest BCUT2D eigenvalue weighted by Crippen LogP contribution is -2.35. The number of amides is 1. The Bertz CT molecular complexity index is 1010. The number of nitrogens with one attached hydrogen (secondary N) is 2. The maximum atomic E-state index is 13.7. The number of pyridine rings is 1. The van der Waals surface area contributed by atoms with Gasteiger partial charge in [0.25, 0.3) is 5.91 Å². The van der Waals surface area contributed by atoms with Crippen LogP contribution in [0.4, 0.5) is 24.7 Å². The smallest absolute Gasteiger partial charge is 0.363 e. The summed E-state index contributed by atoms with van der Waals surface area (Å²) in [6.45, 7) is 1.92. The van der Waals surface area contributed by atoms with E-state index in [9.17, 15) is 18.0 Å². The van der Waals surface area contributed by atoms with Crippen molar-refractivity contribution < 1.29 is 18.0 Å². The lowest BCUT2D eigenvalue weighted by atomic mass is 9.96. The number of carbonyl (C=O) groups is 1. The number of alkyl halides is 3. The Hall–Kier alpha value is -3.36. The maximum absolute atomic E-state index is 13.7. The molecule has 0 bridgehead atoms. The number of nitrogens with zero attached hydrogens (tertiary/aromatic N) is 3. The third-order valence-corrected chi connectivity index (χ3v) is 4.82. The molecule has 0 radical (unpaired) electrons. The molecule has 150 valence electrons. The van der Waals surface area contributed by atoms with Crippen LogP contribution in [-0.2, 0) is 0 Å². The second-order valence-corrected chi connectivity index (χ2v) is 6.96. The highest BCUT2D eigenvalue weighted by Gasteiger charge is 2.46. The number of hydrogen-bond acceptors (Lipinski definition) is 4. The van der Waals surface area contributed by atoms with E-state index < -0.39 is 24.2 Å². The molecule has 0 aliphatic carbocycles. The molecule has 6 nitrogen and oxygen atoms in total. The number of hydrogen-bond donors (Lipinski definition) is 2. The van der Waals surface area contributed by atoms with Crippen LogP contribution in [0.1, 0.15) is 40.1 Å². The van der Waals surface area contributed by atoms with Crippen LogP contribution >= 0.6 is 0 Å². The van der Waals surface area contributed by atoms with Gasteiger partial charge in [0.1, 0.15) is 5.82 Å². The highest BCUT2D eigenvalue weighted by Crippen LogP contribution is 2.43. The molecule has 1 aromatic carbocycles. The second kappa shape index (κ2) is 7.23. The zero-order chi connectivity index (χ0) is 20.6. The molecule has 1 amide bonds. The molecule has 3 heterocycles. The summed E-state index contributed by atoms with van der Waals surface area (Å²) in [4.78, 5) is 16.3. The SMILES string of the molecule is Cc1ccc([C@H]2C[C@@H](C(F)(F)F)n3nc(C(=O)Nc4cccnc4)cc3N2)cc1. The van der Waals surface area contributed by atoms with Gasteiger partial charge in [0.15, 0.2) is 11.7 Å². The minimum Gasteiger partial charge on any atom is -0.363 e. The van der Waals surface area contributed by atoms with Crippen LogP contribution in [-0.4, -0.2) is 26.8 Å². The average molecular weight is 401 g/mol. The largest absolute Gasteiger partial charge is 0.410 e. The molecular weight excluding hydrogens is 383 g/mol. The Morgan fingerprint density at radius 3 is 2.66 bits per heavy atom. The summed E-state index contributed by atoms with van der Waals surface area (Å²) in [6.07, 6.45) is -1.72. The van der Waals surface area contributed by atoms with Crippen LogP contribution in [0, 0.1) is 6.92 Å². The topological polar surface area (TPSA) is 71.8 Å². The molecule has 4 rings (SSSR count). The van der Waals surface area contributed by atoms with E-state index in [4.69, 9.17) is 0 Å². The molecule has 2 N–H and O–H groups in total. The van der Waals surface area contributed by atoms with Gasteiger partial charge in [0.2, 0.25) is 0 Å². The summed E-state index contributed by atoms with van der Waals surface area (Å²) in [5.41, 5.74) is 2.10. The molecule has 29 heavy (non-hydrogen) atoms. The third kappa shape index (κ3) is 3.94. The fourth-order valence-corrected chi connectivity index (χ4v) is 3.33. The molecule has 1 aliphatic heterocycles. The van der Waals surface area contributed by atoms with Gasteiger partial charge in [-0.05, 0) is 24.6 Å². The van der Waals surface area contributed by atoms with Crippen molar-refractivity contribution in [3.05, 3.63) is 71.7 Å². The number of benzene rings is 1. The lowest BCUT2D eigenvalue weighted by molar-refractivity contribution is -0.173. The number of fused-ring (bicyclic) bond motifs is 1. The molecule has 2 aromatic heterocycles. The Morgan fingerprint density at radius 2 is 2.00 bits per heavy atom. The summed E-state index contributed by atoms with van der Waals surface area (Å²) in [5.74, 6) is -0.449. The predicted octanol–water partition coefficient (Wildman–Crippen LogP) is 4.50. The number of anilines is 2. The maximum Gasteiger partial charge on any atom is 0.410 e. The van der Waals surface area contributed by atoms with Crippen molar-refractivity contribution in [2.75, 3.05) is 10.6 Å². The summed E-state index contributed by atoms with van der Waals surface area (Å²) < 4.78 is 42.0. The van der Waals surface area contributed by atoms with Crippen molar-refractivity contribution >= 4 is 17.4 Å². The van der Waals surface area contributed by atoms with Crippen LogP contribution in [0.5, 0.6) is 0 Å². The fraction of sp³-hybridized carbons (Fsp3) is 0.250. The van der Waals surface area contributed by atoms with Gasteiger partial charge in [-0.1, -0.05) is 29.8 Å². The highest BCUT2D eigenvalue weighted by molar-refractivity contribution is 6.03. The van der Waals surface area contributed by atoms with E-state index in [1.807, 2.05) is 31.2 Å². The van der Waals surface area contributed by atoms with Crippen LogP contribution < -0.4 is 10.6 Å². The Balaban J connectivity index is 1.65. The molecule has 1 aliphatic rings. The zero-order valence-corrected chi connectivity index (χ0v) is 15.4. The standard InChI is InChI=1S/C20H18F3N5O/c1-12-4-6-13(7-5-12)15-9-17(20(21,22)23)28-18(26-15)10-16(27-28)19(29)25-14-3-2-8-24-11-14/h2-8,10-11,15,17,26H,9H2,1H3,(H,25,29)/t15-,17+/m1/s1. The van der Waals surface area contributed by atoms with Crippen LogP contribution in [0.15, 0.2) is 54.9 Å². The van der Waals surface area contributed by atoms with Gasteiger partial charge in [-0.25, -0.2) is 4.68 Å². The van der Waals surface area contributed by atoms with Crippen molar-refractivity contribution in [2.45, 2.75) is 31.6 Å². The first kappa shape index (κ1) is 19.0. The van der Waals surface area contributed by atoms with Crippen LogP contribution in [0.25, 0.3) is 0 Å². The van der Waals surface area contributed by atoms with E-state index >= 15 is 0 Å². The molecule has 0 fully saturated rings. The molecule has 3 aromatic rings.